The van der Waals surface area contributed by atoms with Gasteiger partial charge in [-0.1, -0.05) is 13.8 Å². The maximum Gasteiger partial charge on any atom is 0.326 e. The molecule has 0 aliphatic carbocycles. The van der Waals surface area contributed by atoms with E-state index in [0.717, 1.165) is 0 Å². The maximum absolute atomic E-state index is 11.5. The quantitative estimate of drug-likeness (QED) is 0.533. The number of nitrogens with one attached hydrogen (secondary N) is 2. The smallest absolute Gasteiger partial charge is 0.326 e. The number of amides is 1. The number of carbonyl (C=O) groups excluding carboxylic acids is 1. The molecule has 0 radical (unpaired) electrons. The second-order valence-electron chi connectivity index (χ2n) is 3.58. The standard InChI is InChI=1S/C8H13N5O3/c1-3(2)4(7(15)16)10-6(14)5-11-8(9)13-12-5/h3-4H,1-2H3,(H,10,14)(H,15,16)(H3,9,11,12,13). The fraction of sp³-hybridized carbons (Fsp3) is 0.500. The summed E-state index contributed by atoms with van der Waals surface area (Å²) in [6, 6.07) is -0.973. The van der Waals surface area contributed by atoms with Crippen molar-refractivity contribution in [2.45, 2.75) is 19.9 Å². The Morgan fingerprint density at radius 3 is 2.50 bits per heavy atom. The van der Waals surface area contributed by atoms with E-state index in [0.29, 0.717) is 0 Å². The minimum Gasteiger partial charge on any atom is -0.480 e. The molecule has 1 heterocycles. The normalized spacial score (nSPS) is 12.4. The molecule has 0 aliphatic rings. The number of aliphatic carboxylic acids is 1. The van der Waals surface area contributed by atoms with Crippen LogP contribution in [-0.4, -0.2) is 38.2 Å². The number of aromatic amines is 1. The first-order chi connectivity index (χ1) is 7.41. The van der Waals surface area contributed by atoms with Gasteiger partial charge in [0.15, 0.2) is 0 Å². The molecular weight excluding hydrogens is 214 g/mol. The fourth-order valence-corrected chi connectivity index (χ4v) is 1.10. The third kappa shape index (κ3) is 2.69. The molecule has 16 heavy (non-hydrogen) atoms. The number of nitrogens with zero attached hydrogens (tertiary/aromatic N) is 2. The lowest BCUT2D eigenvalue weighted by Gasteiger charge is -2.16. The minimum atomic E-state index is -1.10. The molecule has 8 nitrogen and oxygen atoms in total. The van der Waals surface area contributed by atoms with Crippen molar-refractivity contribution < 1.29 is 14.7 Å². The molecule has 0 aliphatic heterocycles. The van der Waals surface area contributed by atoms with E-state index >= 15 is 0 Å². The summed E-state index contributed by atoms with van der Waals surface area (Å²) in [7, 11) is 0. The number of hydrogen-bond acceptors (Lipinski definition) is 5. The predicted octanol–water partition coefficient (Wildman–Crippen LogP) is -0.774. The maximum atomic E-state index is 11.5. The Labute approximate surface area is 91.2 Å². The highest BCUT2D eigenvalue weighted by Crippen LogP contribution is 2.03. The Kier molecular flexibility index (Phi) is 3.44. The second-order valence-corrected chi connectivity index (χ2v) is 3.58. The number of hydrogen-bond donors (Lipinski definition) is 4. The molecule has 1 rings (SSSR count). The molecule has 1 aromatic heterocycles. The molecule has 8 heteroatoms. The topological polar surface area (TPSA) is 134 Å². The van der Waals surface area contributed by atoms with E-state index in [2.05, 4.69) is 20.5 Å². The van der Waals surface area contributed by atoms with Crippen molar-refractivity contribution >= 4 is 17.8 Å². The third-order valence-electron chi connectivity index (χ3n) is 1.94. The van der Waals surface area contributed by atoms with Gasteiger partial charge in [-0.2, -0.15) is 4.98 Å². The molecule has 88 valence electrons. The van der Waals surface area contributed by atoms with Crippen molar-refractivity contribution in [2.75, 3.05) is 5.73 Å². The summed E-state index contributed by atoms with van der Waals surface area (Å²) < 4.78 is 0. The van der Waals surface area contributed by atoms with Crippen LogP contribution in [0.15, 0.2) is 0 Å². The van der Waals surface area contributed by atoms with E-state index in [9.17, 15) is 9.59 Å². The lowest BCUT2D eigenvalue weighted by molar-refractivity contribution is -0.140. The first-order valence-electron chi connectivity index (χ1n) is 4.63. The lowest BCUT2D eigenvalue weighted by atomic mass is 10.1. The van der Waals surface area contributed by atoms with Crippen molar-refractivity contribution in [3.63, 3.8) is 0 Å². The Morgan fingerprint density at radius 1 is 1.50 bits per heavy atom. The zero-order valence-corrected chi connectivity index (χ0v) is 8.89. The van der Waals surface area contributed by atoms with Crippen LogP contribution in [0.25, 0.3) is 0 Å². The molecule has 1 aromatic rings. The van der Waals surface area contributed by atoms with E-state index in [4.69, 9.17) is 10.8 Å². The third-order valence-corrected chi connectivity index (χ3v) is 1.94. The first kappa shape index (κ1) is 12.0. The van der Waals surface area contributed by atoms with Crippen molar-refractivity contribution in [3.05, 3.63) is 5.82 Å². The highest BCUT2D eigenvalue weighted by molar-refractivity contribution is 5.93. The van der Waals surface area contributed by atoms with Crippen molar-refractivity contribution in [1.82, 2.24) is 20.5 Å². The van der Waals surface area contributed by atoms with Crippen LogP contribution in [0.4, 0.5) is 5.95 Å². The van der Waals surface area contributed by atoms with Gasteiger partial charge in [0.25, 0.3) is 5.91 Å². The van der Waals surface area contributed by atoms with Crippen LogP contribution in [0.1, 0.15) is 24.5 Å². The van der Waals surface area contributed by atoms with Gasteiger partial charge in [-0.15, -0.1) is 5.10 Å². The monoisotopic (exact) mass is 227 g/mol. The van der Waals surface area contributed by atoms with Gasteiger partial charge in [0.2, 0.25) is 11.8 Å². The molecule has 0 saturated carbocycles. The number of H-pyrrole nitrogens is 1. The van der Waals surface area contributed by atoms with E-state index in [1.54, 1.807) is 13.8 Å². The van der Waals surface area contributed by atoms with Gasteiger partial charge in [0.05, 0.1) is 0 Å². The number of carboxylic acid groups (broad SMARTS) is 1. The molecular formula is C8H13N5O3. The van der Waals surface area contributed by atoms with Crippen LogP contribution >= 0.6 is 0 Å². The number of aromatic nitrogens is 3. The molecule has 0 saturated heterocycles. The Balaban J connectivity index is 2.73. The van der Waals surface area contributed by atoms with Crippen molar-refractivity contribution in [3.8, 4) is 0 Å². The van der Waals surface area contributed by atoms with E-state index in [1.165, 1.54) is 0 Å². The van der Waals surface area contributed by atoms with E-state index in [1.807, 2.05) is 0 Å². The van der Waals surface area contributed by atoms with Crippen LogP contribution in [0.5, 0.6) is 0 Å². The number of rotatable bonds is 4. The van der Waals surface area contributed by atoms with E-state index in [-0.39, 0.29) is 17.7 Å². The van der Waals surface area contributed by atoms with Crippen molar-refractivity contribution in [2.24, 2.45) is 5.92 Å². The zero-order valence-electron chi connectivity index (χ0n) is 8.89. The summed E-state index contributed by atoms with van der Waals surface area (Å²) in [6.45, 7) is 3.38. The molecule has 1 amide bonds. The number of carboxylic acids is 1. The average Bonchev–Trinajstić information content (AvgIpc) is 2.59. The molecule has 0 bridgehead atoms. The molecule has 1 unspecified atom stereocenters. The first-order valence-corrected chi connectivity index (χ1v) is 4.63. The van der Waals surface area contributed by atoms with Gasteiger partial charge in [0.1, 0.15) is 6.04 Å². The number of nitrogens with two attached hydrogens (primary N) is 1. The van der Waals surface area contributed by atoms with Crippen molar-refractivity contribution in [1.29, 1.82) is 0 Å². The Bertz CT molecular complexity index is 400. The fourth-order valence-electron chi connectivity index (χ4n) is 1.10. The summed E-state index contributed by atoms with van der Waals surface area (Å²) in [5, 5.41) is 16.9. The van der Waals surface area contributed by atoms with Gasteiger partial charge in [0, 0.05) is 0 Å². The Hall–Kier alpha value is -2.12. The number of anilines is 1. The number of carbonyl (C=O) groups is 2. The zero-order chi connectivity index (χ0) is 12.3. The summed E-state index contributed by atoms with van der Waals surface area (Å²) in [5.74, 6) is -2.16. The molecule has 5 N–H and O–H groups in total. The molecule has 0 fully saturated rings. The molecule has 1 atom stereocenters. The lowest BCUT2D eigenvalue weighted by Crippen LogP contribution is -2.44. The summed E-state index contributed by atoms with van der Waals surface area (Å²) >= 11 is 0. The van der Waals surface area contributed by atoms with Crippen LogP contribution in [0.2, 0.25) is 0 Å². The van der Waals surface area contributed by atoms with Gasteiger partial charge >= 0.3 is 5.97 Å². The highest BCUT2D eigenvalue weighted by atomic mass is 16.4. The van der Waals surface area contributed by atoms with Gasteiger partial charge in [-0.25, -0.2) is 4.79 Å². The summed E-state index contributed by atoms with van der Waals surface area (Å²) in [4.78, 5) is 25.9. The Morgan fingerprint density at radius 2 is 2.12 bits per heavy atom. The van der Waals surface area contributed by atoms with Crippen LogP contribution in [0, 0.1) is 5.92 Å². The SMILES string of the molecule is CC(C)C(NC(=O)c1nc(N)n[nH]1)C(=O)O. The highest BCUT2D eigenvalue weighted by Gasteiger charge is 2.25. The van der Waals surface area contributed by atoms with E-state index < -0.39 is 17.9 Å². The number of nitrogen functional groups attached to an aromatic ring is 1. The largest absolute Gasteiger partial charge is 0.480 e. The summed E-state index contributed by atoms with van der Waals surface area (Å²) in [6.07, 6.45) is 0. The molecule has 0 spiro atoms. The van der Waals surface area contributed by atoms with Gasteiger partial charge in [-0.3, -0.25) is 9.89 Å². The predicted molar refractivity (Wildman–Crippen MR) is 54.5 cm³/mol. The van der Waals surface area contributed by atoms with Gasteiger partial charge < -0.3 is 16.2 Å². The van der Waals surface area contributed by atoms with Crippen LogP contribution in [-0.2, 0) is 4.79 Å². The minimum absolute atomic E-state index is 0.0680. The van der Waals surface area contributed by atoms with Crippen LogP contribution in [0.3, 0.4) is 0 Å². The average molecular weight is 227 g/mol. The van der Waals surface area contributed by atoms with Gasteiger partial charge in [-0.05, 0) is 5.92 Å². The van der Waals surface area contributed by atoms with Crippen LogP contribution < -0.4 is 11.1 Å². The second kappa shape index (κ2) is 4.60. The molecule has 0 aromatic carbocycles. The summed E-state index contributed by atoms with van der Waals surface area (Å²) in [5.41, 5.74) is 5.22.